The van der Waals surface area contributed by atoms with Gasteiger partial charge in [-0.25, -0.2) is 9.36 Å². The Hall–Kier alpha value is -1.52. The Balaban J connectivity index is 3.82. The summed E-state index contributed by atoms with van der Waals surface area (Å²) >= 11 is 0. The third kappa shape index (κ3) is 35.5. The first-order chi connectivity index (χ1) is 25.1. The molecule has 4 N–H and O–H groups in total. The second-order valence-corrected chi connectivity index (χ2v) is 16.0. The van der Waals surface area contributed by atoms with Gasteiger partial charge >= 0.3 is 19.8 Å². The fourth-order valence-electron chi connectivity index (χ4n) is 6.08. The summed E-state index contributed by atoms with van der Waals surface area (Å²) in [6.07, 6.45) is 33.0. The first kappa shape index (κ1) is 50.5. The number of aliphatic carboxylic acids is 1. The van der Waals surface area contributed by atoms with Crippen LogP contribution in [0, 0.1) is 0 Å². The lowest BCUT2D eigenvalue weighted by Crippen LogP contribution is -2.43. The Bertz CT molecular complexity index is 906. The highest BCUT2D eigenvalue weighted by atomic mass is 31.2. The number of carbonyl (C=O) groups is 3. The lowest BCUT2D eigenvalue weighted by atomic mass is 10.0. The highest BCUT2D eigenvalue weighted by Gasteiger charge is 2.28. The molecule has 11 nitrogen and oxygen atoms in total. The van der Waals surface area contributed by atoms with Crippen LogP contribution in [-0.2, 0) is 32.7 Å². The number of carboxylic acids is 1. The molecule has 3 atom stereocenters. The molecule has 0 aromatic rings. The van der Waals surface area contributed by atoms with E-state index in [-0.39, 0.29) is 12.8 Å². The molecule has 0 saturated heterocycles. The normalized spacial score (nSPS) is 13.8. The van der Waals surface area contributed by atoms with Crippen LogP contribution in [0.3, 0.4) is 0 Å². The SMILES string of the molecule is CCCCCCCCCCCCCCCCCCCCCCCC(=O)NC(COP(=O)(O)OCC(O)COC(=O)CCCCCCCCC)C(=O)O. The topological polar surface area (TPSA) is 169 Å². The molecule has 0 rings (SSSR count). The molecule has 0 aliphatic carbocycles. The van der Waals surface area contributed by atoms with Crippen molar-refractivity contribution in [2.24, 2.45) is 0 Å². The summed E-state index contributed by atoms with van der Waals surface area (Å²) in [5.41, 5.74) is 0. The number of hydrogen-bond acceptors (Lipinski definition) is 8. The molecule has 52 heavy (non-hydrogen) atoms. The molecule has 0 spiro atoms. The number of esters is 1. The van der Waals surface area contributed by atoms with E-state index in [1.807, 2.05) is 0 Å². The maximum atomic E-state index is 12.3. The third-order valence-corrected chi connectivity index (χ3v) is 10.3. The summed E-state index contributed by atoms with van der Waals surface area (Å²) in [5, 5.41) is 21.7. The quantitative estimate of drug-likeness (QED) is 0.0268. The van der Waals surface area contributed by atoms with Crippen LogP contribution in [0.4, 0.5) is 0 Å². The van der Waals surface area contributed by atoms with Crippen molar-refractivity contribution < 1.29 is 47.8 Å². The number of aliphatic hydroxyl groups is 1. The van der Waals surface area contributed by atoms with Crippen molar-refractivity contribution in [3.05, 3.63) is 0 Å². The average molecular weight is 764 g/mol. The number of phosphoric ester groups is 1. The summed E-state index contributed by atoms with van der Waals surface area (Å²) in [4.78, 5) is 45.6. The van der Waals surface area contributed by atoms with Crippen LogP contribution < -0.4 is 5.32 Å². The van der Waals surface area contributed by atoms with Crippen LogP contribution in [0.5, 0.6) is 0 Å². The minimum Gasteiger partial charge on any atom is -0.480 e. The molecule has 3 unspecified atom stereocenters. The molecular formula is C40H78NO10P. The standard InChI is InChI=1S/C40H78NO10P/c1-3-5-7-9-11-12-13-14-15-16-17-18-19-20-21-22-23-24-26-27-29-31-38(43)41-37(40(45)46)35-51-52(47,48)50-34-36(42)33-49-39(44)32-30-28-25-10-8-6-4-2/h36-37,42H,3-35H2,1-2H3,(H,41,43)(H,45,46)(H,47,48). The summed E-state index contributed by atoms with van der Waals surface area (Å²) < 4.78 is 26.7. The van der Waals surface area contributed by atoms with Gasteiger partial charge in [0.15, 0.2) is 6.04 Å². The van der Waals surface area contributed by atoms with E-state index in [1.54, 1.807) is 0 Å². The van der Waals surface area contributed by atoms with Crippen molar-refractivity contribution in [1.29, 1.82) is 0 Å². The van der Waals surface area contributed by atoms with Crippen LogP contribution in [-0.4, -0.2) is 64.9 Å². The lowest BCUT2D eigenvalue weighted by Gasteiger charge is -2.18. The number of aliphatic hydroxyl groups excluding tert-OH is 1. The smallest absolute Gasteiger partial charge is 0.472 e. The second kappa shape index (κ2) is 36.5. The number of rotatable bonds is 40. The second-order valence-electron chi connectivity index (χ2n) is 14.5. The van der Waals surface area contributed by atoms with Gasteiger partial charge < -0.3 is 25.2 Å². The van der Waals surface area contributed by atoms with Crippen molar-refractivity contribution in [2.45, 2.75) is 219 Å². The molecule has 12 heteroatoms. The molecular weight excluding hydrogens is 685 g/mol. The van der Waals surface area contributed by atoms with Crippen molar-refractivity contribution in [3.8, 4) is 0 Å². The highest BCUT2D eigenvalue weighted by molar-refractivity contribution is 7.47. The maximum absolute atomic E-state index is 12.3. The van der Waals surface area contributed by atoms with E-state index in [0.717, 1.165) is 38.5 Å². The minimum atomic E-state index is -4.74. The van der Waals surface area contributed by atoms with E-state index in [4.69, 9.17) is 13.8 Å². The van der Waals surface area contributed by atoms with E-state index >= 15 is 0 Å². The van der Waals surface area contributed by atoms with Crippen LogP contribution in [0.25, 0.3) is 0 Å². The van der Waals surface area contributed by atoms with Gasteiger partial charge in [0.1, 0.15) is 12.7 Å². The molecule has 0 radical (unpaired) electrons. The number of carbonyl (C=O) groups excluding carboxylic acids is 2. The molecule has 0 aliphatic heterocycles. The van der Waals surface area contributed by atoms with Gasteiger partial charge in [-0.2, -0.15) is 0 Å². The van der Waals surface area contributed by atoms with E-state index in [0.29, 0.717) is 12.8 Å². The monoisotopic (exact) mass is 764 g/mol. The molecule has 1 amide bonds. The summed E-state index contributed by atoms with van der Waals surface area (Å²) in [6, 6.07) is -1.54. The van der Waals surface area contributed by atoms with Gasteiger partial charge in [-0.15, -0.1) is 0 Å². The largest absolute Gasteiger partial charge is 0.480 e. The van der Waals surface area contributed by atoms with E-state index in [2.05, 4.69) is 19.2 Å². The van der Waals surface area contributed by atoms with Gasteiger partial charge in [0.2, 0.25) is 5.91 Å². The Morgan fingerprint density at radius 1 is 0.538 bits per heavy atom. The zero-order chi connectivity index (χ0) is 38.5. The Morgan fingerprint density at radius 3 is 1.27 bits per heavy atom. The summed E-state index contributed by atoms with van der Waals surface area (Å²) in [7, 11) is -4.74. The van der Waals surface area contributed by atoms with Crippen molar-refractivity contribution in [1.82, 2.24) is 5.32 Å². The molecule has 0 aromatic carbocycles. The fourth-order valence-corrected chi connectivity index (χ4v) is 6.85. The number of unbranched alkanes of at least 4 members (excludes halogenated alkanes) is 26. The van der Waals surface area contributed by atoms with Gasteiger partial charge in [-0.1, -0.05) is 181 Å². The first-order valence-corrected chi connectivity index (χ1v) is 22.6. The van der Waals surface area contributed by atoms with E-state index in [9.17, 15) is 34.1 Å². The Morgan fingerprint density at radius 2 is 0.885 bits per heavy atom. The number of hydrogen-bond donors (Lipinski definition) is 4. The number of ether oxygens (including phenoxy) is 1. The van der Waals surface area contributed by atoms with Crippen LogP contribution in [0.15, 0.2) is 0 Å². The highest BCUT2D eigenvalue weighted by Crippen LogP contribution is 2.43. The maximum Gasteiger partial charge on any atom is 0.472 e. The van der Waals surface area contributed by atoms with Gasteiger partial charge in [0, 0.05) is 12.8 Å². The molecule has 0 saturated carbocycles. The Labute approximate surface area is 316 Å². The van der Waals surface area contributed by atoms with E-state index < -0.39 is 57.6 Å². The van der Waals surface area contributed by atoms with Crippen molar-refractivity contribution >= 4 is 25.7 Å². The van der Waals surface area contributed by atoms with Crippen LogP contribution in [0.2, 0.25) is 0 Å². The molecule has 0 bridgehead atoms. The van der Waals surface area contributed by atoms with Gasteiger partial charge in [-0.05, 0) is 12.8 Å². The molecule has 308 valence electrons. The van der Waals surface area contributed by atoms with Crippen molar-refractivity contribution in [2.75, 3.05) is 19.8 Å². The summed E-state index contributed by atoms with van der Waals surface area (Å²) in [5.74, 6) is -2.36. The number of nitrogens with one attached hydrogen (secondary N) is 1. The number of amides is 1. The number of carboxylic acid groups (broad SMARTS) is 1. The molecule has 0 aliphatic rings. The van der Waals surface area contributed by atoms with Gasteiger partial charge in [0.25, 0.3) is 0 Å². The molecule has 0 fully saturated rings. The average Bonchev–Trinajstić information content (AvgIpc) is 3.11. The third-order valence-electron chi connectivity index (χ3n) is 9.40. The first-order valence-electron chi connectivity index (χ1n) is 21.1. The number of phosphoric acid groups is 1. The Kier molecular flexibility index (Phi) is 35.4. The predicted molar refractivity (Wildman–Crippen MR) is 208 cm³/mol. The molecule has 0 heterocycles. The van der Waals surface area contributed by atoms with Crippen LogP contribution >= 0.6 is 7.82 Å². The van der Waals surface area contributed by atoms with Gasteiger partial charge in [0.05, 0.1) is 13.2 Å². The summed E-state index contributed by atoms with van der Waals surface area (Å²) in [6.45, 7) is 2.55. The zero-order valence-corrected chi connectivity index (χ0v) is 34.0. The van der Waals surface area contributed by atoms with Crippen molar-refractivity contribution in [3.63, 3.8) is 0 Å². The minimum absolute atomic E-state index is 0.153. The van der Waals surface area contributed by atoms with E-state index in [1.165, 1.54) is 128 Å². The molecule has 0 aromatic heterocycles. The zero-order valence-electron chi connectivity index (χ0n) is 33.1. The lowest BCUT2D eigenvalue weighted by molar-refractivity contribution is -0.147. The predicted octanol–water partition coefficient (Wildman–Crippen LogP) is 10.3. The van der Waals surface area contributed by atoms with Gasteiger partial charge in [-0.3, -0.25) is 18.6 Å². The fraction of sp³-hybridized carbons (Fsp3) is 0.925. The van der Waals surface area contributed by atoms with Crippen LogP contribution in [0.1, 0.15) is 206 Å².